The predicted octanol–water partition coefficient (Wildman–Crippen LogP) is 13.8. The molecule has 6 nitrogen and oxygen atoms in total. The topological polar surface area (TPSA) is 78.9 Å². The number of rotatable bonds is 39. The van der Waals surface area contributed by atoms with Crippen LogP contribution in [0.25, 0.3) is 0 Å². The Labute approximate surface area is 321 Å². The van der Waals surface area contributed by atoms with Gasteiger partial charge in [0.2, 0.25) is 0 Å². The molecule has 1 atom stereocenters. The van der Waals surface area contributed by atoms with E-state index in [4.69, 9.17) is 14.2 Å². The van der Waals surface area contributed by atoms with E-state index in [9.17, 15) is 14.4 Å². The van der Waals surface area contributed by atoms with Gasteiger partial charge in [-0.2, -0.15) is 0 Å². The van der Waals surface area contributed by atoms with Crippen LogP contribution in [-0.2, 0) is 28.6 Å². The van der Waals surface area contributed by atoms with Gasteiger partial charge >= 0.3 is 17.9 Å². The molecule has 0 aliphatic rings. The second-order valence-electron chi connectivity index (χ2n) is 14.6. The van der Waals surface area contributed by atoms with Gasteiger partial charge in [-0.25, -0.2) is 0 Å². The Morgan fingerprint density at radius 2 is 0.673 bits per heavy atom. The van der Waals surface area contributed by atoms with E-state index in [-0.39, 0.29) is 31.1 Å². The SMILES string of the molecule is CCCC/C=C\CCCCCCC(=O)OC(COC(=O)CCC/C=C\CCCCCC)COC(=O)CCCCCCCCC/C=C\CCCCCC. The standard InChI is InChI=1S/C46H82O6/c1-4-7-10-13-16-19-21-22-23-24-25-28-30-33-36-39-45(48)51-42-43(41-50-44(47)38-35-32-29-26-18-15-12-9-6-3)52-46(49)40-37-34-31-27-20-17-14-11-8-5-2/h14,17,19,21,26,29,43H,4-13,15-16,18,20,22-25,27-28,30-42H2,1-3H3/b17-14-,21-19-,29-26-. The van der Waals surface area contributed by atoms with E-state index in [0.717, 1.165) is 77.0 Å². The van der Waals surface area contributed by atoms with Crippen LogP contribution in [0.2, 0.25) is 0 Å². The van der Waals surface area contributed by atoms with Gasteiger partial charge in [-0.3, -0.25) is 14.4 Å². The molecular weight excluding hydrogens is 649 g/mol. The normalized spacial score (nSPS) is 12.3. The Morgan fingerprint density at radius 1 is 0.365 bits per heavy atom. The molecule has 0 amide bonds. The Morgan fingerprint density at radius 3 is 1.10 bits per heavy atom. The minimum absolute atomic E-state index is 0.0871. The highest BCUT2D eigenvalue weighted by atomic mass is 16.6. The molecule has 0 spiro atoms. The highest BCUT2D eigenvalue weighted by molar-refractivity contribution is 5.71. The van der Waals surface area contributed by atoms with Gasteiger partial charge in [-0.1, -0.05) is 154 Å². The number of esters is 3. The van der Waals surface area contributed by atoms with Crippen molar-refractivity contribution in [3.05, 3.63) is 36.5 Å². The summed E-state index contributed by atoms with van der Waals surface area (Å²) in [4.78, 5) is 37.5. The first-order valence-corrected chi connectivity index (χ1v) is 22.0. The van der Waals surface area contributed by atoms with Crippen molar-refractivity contribution in [1.29, 1.82) is 0 Å². The predicted molar refractivity (Wildman–Crippen MR) is 219 cm³/mol. The van der Waals surface area contributed by atoms with Gasteiger partial charge in [0, 0.05) is 19.3 Å². The molecule has 0 heterocycles. The van der Waals surface area contributed by atoms with Gasteiger partial charge in [0.1, 0.15) is 13.2 Å². The maximum absolute atomic E-state index is 12.6. The molecule has 0 aliphatic heterocycles. The number of carbonyl (C=O) groups is 3. The molecule has 302 valence electrons. The first-order valence-electron chi connectivity index (χ1n) is 22.0. The van der Waals surface area contributed by atoms with Crippen LogP contribution in [0.3, 0.4) is 0 Å². The lowest BCUT2D eigenvalue weighted by Gasteiger charge is -2.18. The molecule has 0 rings (SSSR count). The summed E-state index contributed by atoms with van der Waals surface area (Å²) < 4.78 is 16.6. The van der Waals surface area contributed by atoms with Gasteiger partial charge in [0.05, 0.1) is 0 Å². The fourth-order valence-electron chi connectivity index (χ4n) is 5.95. The van der Waals surface area contributed by atoms with E-state index in [0.29, 0.717) is 19.3 Å². The van der Waals surface area contributed by atoms with Crippen molar-refractivity contribution in [1.82, 2.24) is 0 Å². The minimum atomic E-state index is -0.785. The molecule has 0 N–H and O–H groups in total. The molecule has 0 bridgehead atoms. The summed E-state index contributed by atoms with van der Waals surface area (Å²) in [7, 11) is 0. The van der Waals surface area contributed by atoms with Crippen molar-refractivity contribution in [2.45, 2.75) is 226 Å². The van der Waals surface area contributed by atoms with E-state index in [1.165, 1.54) is 103 Å². The summed E-state index contributed by atoms with van der Waals surface area (Å²) in [6, 6.07) is 0. The molecule has 0 saturated carbocycles. The average Bonchev–Trinajstić information content (AvgIpc) is 3.14. The first kappa shape index (κ1) is 49.6. The molecule has 0 fully saturated rings. The highest BCUT2D eigenvalue weighted by Crippen LogP contribution is 2.13. The third-order valence-electron chi connectivity index (χ3n) is 9.34. The number of hydrogen-bond donors (Lipinski definition) is 0. The van der Waals surface area contributed by atoms with Crippen LogP contribution in [0.4, 0.5) is 0 Å². The van der Waals surface area contributed by atoms with Gasteiger partial charge in [0.15, 0.2) is 6.10 Å². The molecule has 1 unspecified atom stereocenters. The second-order valence-corrected chi connectivity index (χ2v) is 14.6. The fraction of sp³-hybridized carbons (Fsp3) is 0.804. The third kappa shape index (κ3) is 38.9. The molecule has 6 heteroatoms. The van der Waals surface area contributed by atoms with E-state index < -0.39 is 6.10 Å². The maximum Gasteiger partial charge on any atom is 0.306 e. The number of carbonyl (C=O) groups excluding carboxylic acids is 3. The van der Waals surface area contributed by atoms with Crippen molar-refractivity contribution < 1.29 is 28.6 Å². The molecule has 0 aliphatic carbocycles. The largest absolute Gasteiger partial charge is 0.462 e. The van der Waals surface area contributed by atoms with Crippen molar-refractivity contribution in [2.75, 3.05) is 13.2 Å². The molecule has 0 aromatic carbocycles. The average molecular weight is 731 g/mol. The molecular formula is C46H82O6. The van der Waals surface area contributed by atoms with Gasteiger partial charge in [-0.15, -0.1) is 0 Å². The smallest absolute Gasteiger partial charge is 0.306 e. The van der Waals surface area contributed by atoms with Crippen molar-refractivity contribution >= 4 is 17.9 Å². The minimum Gasteiger partial charge on any atom is -0.462 e. The van der Waals surface area contributed by atoms with Crippen LogP contribution in [-0.4, -0.2) is 37.2 Å². The molecule has 52 heavy (non-hydrogen) atoms. The van der Waals surface area contributed by atoms with Gasteiger partial charge < -0.3 is 14.2 Å². The highest BCUT2D eigenvalue weighted by Gasteiger charge is 2.19. The van der Waals surface area contributed by atoms with E-state index in [2.05, 4.69) is 57.2 Å². The van der Waals surface area contributed by atoms with E-state index >= 15 is 0 Å². The summed E-state index contributed by atoms with van der Waals surface area (Å²) in [6.07, 6.45) is 45.6. The van der Waals surface area contributed by atoms with E-state index in [1.807, 2.05) is 0 Å². The zero-order valence-corrected chi connectivity index (χ0v) is 34.3. The van der Waals surface area contributed by atoms with Crippen molar-refractivity contribution in [3.8, 4) is 0 Å². The van der Waals surface area contributed by atoms with Crippen LogP contribution in [0.15, 0.2) is 36.5 Å². The van der Waals surface area contributed by atoms with Crippen LogP contribution < -0.4 is 0 Å². The van der Waals surface area contributed by atoms with Crippen LogP contribution in [0.5, 0.6) is 0 Å². The summed E-state index contributed by atoms with van der Waals surface area (Å²) >= 11 is 0. The van der Waals surface area contributed by atoms with E-state index in [1.54, 1.807) is 0 Å². The van der Waals surface area contributed by atoms with Crippen LogP contribution >= 0.6 is 0 Å². The summed E-state index contributed by atoms with van der Waals surface area (Å²) in [6.45, 7) is 6.49. The Kier molecular flexibility index (Phi) is 39.5. The summed E-state index contributed by atoms with van der Waals surface area (Å²) in [5.74, 6) is -0.945. The summed E-state index contributed by atoms with van der Waals surface area (Å²) in [5.41, 5.74) is 0. The second kappa shape index (κ2) is 41.4. The lowest BCUT2D eigenvalue weighted by Crippen LogP contribution is -2.30. The van der Waals surface area contributed by atoms with Crippen molar-refractivity contribution in [3.63, 3.8) is 0 Å². The molecule has 0 radical (unpaired) electrons. The Hall–Kier alpha value is -2.37. The monoisotopic (exact) mass is 731 g/mol. The maximum atomic E-state index is 12.6. The number of unbranched alkanes of at least 4 members (excludes halogenated alkanes) is 22. The fourth-order valence-corrected chi connectivity index (χ4v) is 5.95. The first-order chi connectivity index (χ1) is 25.5. The zero-order valence-electron chi connectivity index (χ0n) is 34.3. The van der Waals surface area contributed by atoms with Gasteiger partial charge in [0.25, 0.3) is 0 Å². The number of hydrogen-bond acceptors (Lipinski definition) is 6. The van der Waals surface area contributed by atoms with Crippen LogP contribution in [0.1, 0.15) is 220 Å². The lowest BCUT2D eigenvalue weighted by atomic mass is 10.1. The number of allylic oxidation sites excluding steroid dienone is 6. The zero-order chi connectivity index (χ0) is 38.0. The van der Waals surface area contributed by atoms with Gasteiger partial charge in [-0.05, 0) is 83.5 Å². The Bertz CT molecular complexity index is 891. The molecule has 0 saturated heterocycles. The van der Waals surface area contributed by atoms with Crippen molar-refractivity contribution in [2.24, 2.45) is 0 Å². The Balaban J connectivity index is 4.36. The quantitative estimate of drug-likeness (QED) is 0.0271. The lowest BCUT2D eigenvalue weighted by molar-refractivity contribution is -0.167. The molecule has 0 aromatic rings. The third-order valence-corrected chi connectivity index (χ3v) is 9.34. The van der Waals surface area contributed by atoms with Crippen LogP contribution in [0, 0.1) is 0 Å². The summed E-state index contributed by atoms with van der Waals surface area (Å²) in [5, 5.41) is 0. The number of ether oxygens (including phenoxy) is 3. The molecule has 0 aromatic heterocycles.